The number of halogens is 1. The van der Waals surface area contributed by atoms with Gasteiger partial charge in [0.05, 0.1) is 30.2 Å². The first-order chi connectivity index (χ1) is 14.6. The summed E-state index contributed by atoms with van der Waals surface area (Å²) in [5.74, 6) is 1.47. The molecule has 1 saturated heterocycles. The molecule has 3 aromatic rings. The number of piperidine rings is 1. The van der Waals surface area contributed by atoms with Crippen LogP contribution in [-0.2, 0) is 9.53 Å². The first-order valence-corrected chi connectivity index (χ1v) is 10.6. The molecular weight excluding hydrogens is 400 g/mol. The Bertz CT molecular complexity index is 1060. The van der Waals surface area contributed by atoms with Gasteiger partial charge in [0, 0.05) is 24.0 Å². The largest absolute Gasteiger partial charge is 0.495 e. The molecular formula is C24H25ClN2O3. The second-order valence-corrected chi connectivity index (χ2v) is 7.82. The minimum absolute atomic E-state index is 0.0150. The van der Waals surface area contributed by atoms with E-state index in [1.54, 1.807) is 7.11 Å². The van der Waals surface area contributed by atoms with Gasteiger partial charge >= 0.3 is 5.97 Å². The smallest absolute Gasteiger partial charge is 0.309 e. The molecule has 0 radical (unpaired) electrons. The van der Waals surface area contributed by atoms with E-state index in [1.165, 1.54) is 0 Å². The van der Waals surface area contributed by atoms with Gasteiger partial charge in [0.1, 0.15) is 11.6 Å². The van der Waals surface area contributed by atoms with Gasteiger partial charge in [0.25, 0.3) is 0 Å². The van der Waals surface area contributed by atoms with Gasteiger partial charge in [-0.3, -0.25) is 4.79 Å². The van der Waals surface area contributed by atoms with E-state index < -0.39 is 0 Å². The van der Waals surface area contributed by atoms with E-state index in [-0.39, 0.29) is 11.9 Å². The number of esters is 1. The van der Waals surface area contributed by atoms with Crippen LogP contribution in [0.1, 0.15) is 19.8 Å². The van der Waals surface area contributed by atoms with Crippen molar-refractivity contribution in [3.63, 3.8) is 0 Å². The molecule has 2 aromatic carbocycles. The Morgan fingerprint density at radius 1 is 1.17 bits per heavy atom. The zero-order valence-electron chi connectivity index (χ0n) is 17.2. The summed E-state index contributed by atoms with van der Waals surface area (Å²) in [5, 5.41) is 1.66. The lowest BCUT2D eigenvalue weighted by Gasteiger charge is -2.31. The number of fused-ring (bicyclic) bond motifs is 1. The Labute approximate surface area is 181 Å². The number of ether oxygens (including phenoxy) is 2. The summed E-state index contributed by atoms with van der Waals surface area (Å²) in [6.07, 6.45) is 1.57. The van der Waals surface area contributed by atoms with Crippen molar-refractivity contribution in [2.75, 3.05) is 31.7 Å². The van der Waals surface area contributed by atoms with E-state index in [9.17, 15) is 4.79 Å². The van der Waals surface area contributed by atoms with E-state index in [2.05, 4.69) is 29.2 Å². The second-order valence-electron chi connectivity index (χ2n) is 7.41. The third-order valence-corrected chi connectivity index (χ3v) is 5.92. The van der Waals surface area contributed by atoms with Crippen LogP contribution in [0.5, 0.6) is 5.75 Å². The molecule has 1 aliphatic heterocycles. The number of carbonyl (C=O) groups is 1. The highest BCUT2D eigenvalue weighted by molar-refractivity contribution is 6.32. The van der Waals surface area contributed by atoms with E-state index in [1.807, 2.05) is 31.2 Å². The zero-order chi connectivity index (χ0) is 21.1. The van der Waals surface area contributed by atoms with E-state index in [0.717, 1.165) is 53.8 Å². The fourth-order valence-corrected chi connectivity index (χ4v) is 4.17. The number of benzene rings is 2. The molecule has 0 atom stereocenters. The van der Waals surface area contributed by atoms with Gasteiger partial charge in [-0.2, -0.15) is 0 Å². The number of anilines is 1. The summed E-state index contributed by atoms with van der Waals surface area (Å²) in [6, 6.07) is 16.1. The second kappa shape index (κ2) is 8.92. The number of para-hydroxylation sites is 1. The van der Waals surface area contributed by atoms with Crippen LogP contribution in [-0.4, -0.2) is 37.8 Å². The maximum Gasteiger partial charge on any atom is 0.309 e. The van der Waals surface area contributed by atoms with Gasteiger partial charge in [0.15, 0.2) is 0 Å². The van der Waals surface area contributed by atoms with Gasteiger partial charge in [-0.1, -0.05) is 35.9 Å². The van der Waals surface area contributed by atoms with E-state index in [4.69, 9.17) is 26.1 Å². The molecule has 6 heteroatoms. The maximum absolute atomic E-state index is 12.0. The van der Waals surface area contributed by atoms with Crippen LogP contribution in [0.15, 0.2) is 48.5 Å². The molecule has 0 aliphatic carbocycles. The Balaban J connectivity index is 1.63. The molecule has 1 fully saturated rings. The Morgan fingerprint density at radius 3 is 2.70 bits per heavy atom. The van der Waals surface area contributed by atoms with Crippen LogP contribution >= 0.6 is 11.6 Å². The van der Waals surface area contributed by atoms with Crippen molar-refractivity contribution in [2.45, 2.75) is 19.8 Å². The van der Waals surface area contributed by atoms with Crippen LogP contribution in [0, 0.1) is 5.92 Å². The van der Waals surface area contributed by atoms with Crippen molar-refractivity contribution in [1.29, 1.82) is 0 Å². The molecule has 2 heterocycles. The zero-order valence-corrected chi connectivity index (χ0v) is 18.0. The van der Waals surface area contributed by atoms with Crippen molar-refractivity contribution in [1.82, 2.24) is 4.98 Å². The van der Waals surface area contributed by atoms with Gasteiger partial charge in [-0.05, 0) is 49.6 Å². The summed E-state index contributed by atoms with van der Waals surface area (Å²) in [6.45, 7) is 3.86. The molecule has 156 valence electrons. The predicted octanol–water partition coefficient (Wildman–Crippen LogP) is 5.34. The van der Waals surface area contributed by atoms with Crippen molar-refractivity contribution < 1.29 is 14.3 Å². The summed E-state index contributed by atoms with van der Waals surface area (Å²) >= 11 is 6.20. The number of aromatic nitrogens is 1. The van der Waals surface area contributed by atoms with Crippen LogP contribution in [0.25, 0.3) is 22.0 Å². The first-order valence-electron chi connectivity index (χ1n) is 10.3. The predicted molar refractivity (Wildman–Crippen MR) is 120 cm³/mol. The highest BCUT2D eigenvalue weighted by Crippen LogP contribution is 2.34. The average Bonchev–Trinajstić information content (AvgIpc) is 2.79. The van der Waals surface area contributed by atoms with Gasteiger partial charge in [-0.25, -0.2) is 4.98 Å². The molecule has 1 aliphatic rings. The highest BCUT2D eigenvalue weighted by Gasteiger charge is 2.26. The third-order valence-electron chi connectivity index (χ3n) is 5.61. The third kappa shape index (κ3) is 4.08. The fourth-order valence-electron chi connectivity index (χ4n) is 3.98. The topological polar surface area (TPSA) is 51.7 Å². The lowest BCUT2D eigenvalue weighted by Crippen LogP contribution is -2.37. The lowest BCUT2D eigenvalue weighted by molar-refractivity contribution is -0.148. The minimum Gasteiger partial charge on any atom is -0.495 e. The molecule has 0 amide bonds. The summed E-state index contributed by atoms with van der Waals surface area (Å²) < 4.78 is 10.6. The van der Waals surface area contributed by atoms with Crippen LogP contribution in [0.4, 0.5) is 5.82 Å². The van der Waals surface area contributed by atoms with Crippen molar-refractivity contribution in [3.05, 3.63) is 53.6 Å². The van der Waals surface area contributed by atoms with Crippen molar-refractivity contribution in [3.8, 4) is 16.9 Å². The van der Waals surface area contributed by atoms with Crippen molar-refractivity contribution in [2.24, 2.45) is 5.92 Å². The lowest BCUT2D eigenvalue weighted by atomic mass is 9.97. The SMILES string of the molecule is CCOC(=O)C1CCN(c2ccc3cccc(-c4ccc(Cl)c(OC)c4)c3n2)CC1. The molecule has 1 aromatic heterocycles. The molecule has 5 nitrogen and oxygen atoms in total. The summed E-state index contributed by atoms with van der Waals surface area (Å²) in [7, 11) is 1.62. The van der Waals surface area contributed by atoms with Gasteiger partial charge in [0.2, 0.25) is 0 Å². The highest BCUT2D eigenvalue weighted by atomic mass is 35.5. The quantitative estimate of drug-likeness (QED) is 0.517. The van der Waals surface area contributed by atoms with E-state index in [0.29, 0.717) is 17.4 Å². The number of methoxy groups -OCH3 is 1. The molecule has 0 N–H and O–H groups in total. The summed E-state index contributed by atoms with van der Waals surface area (Å²) in [4.78, 5) is 19.3. The first kappa shape index (κ1) is 20.5. The molecule has 4 rings (SSSR count). The van der Waals surface area contributed by atoms with Gasteiger partial charge < -0.3 is 14.4 Å². The number of pyridine rings is 1. The number of nitrogens with zero attached hydrogens (tertiary/aromatic N) is 2. The van der Waals surface area contributed by atoms with Crippen LogP contribution < -0.4 is 9.64 Å². The Kier molecular flexibility index (Phi) is 6.09. The average molecular weight is 425 g/mol. The van der Waals surface area contributed by atoms with E-state index >= 15 is 0 Å². The molecule has 0 unspecified atom stereocenters. The molecule has 30 heavy (non-hydrogen) atoms. The molecule has 0 saturated carbocycles. The summed E-state index contributed by atoms with van der Waals surface area (Å²) in [5.41, 5.74) is 2.98. The number of hydrogen-bond acceptors (Lipinski definition) is 5. The molecule has 0 bridgehead atoms. The normalized spacial score (nSPS) is 14.7. The standard InChI is InChI=1S/C24H25ClN2O3/c1-3-30-24(28)17-11-13-27(14-12-17)22-10-8-16-5-4-6-19(23(16)26-22)18-7-9-20(25)21(15-18)29-2/h4-10,15,17H,3,11-14H2,1-2H3. The number of hydrogen-bond donors (Lipinski definition) is 0. The minimum atomic E-state index is -0.0809. The molecule has 0 spiro atoms. The van der Waals surface area contributed by atoms with Crippen molar-refractivity contribution >= 4 is 34.3 Å². The Morgan fingerprint density at radius 2 is 1.97 bits per heavy atom. The maximum atomic E-state index is 12.0. The number of carbonyl (C=O) groups excluding carboxylic acids is 1. The van der Waals surface area contributed by atoms with Gasteiger partial charge in [-0.15, -0.1) is 0 Å². The monoisotopic (exact) mass is 424 g/mol. The Hall–Kier alpha value is -2.79. The number of rotatable bonds is 5. The fraction of sp³-hybridized carbons (Fsp3) is 0.333. The van der Waals surface area contributed by atoms with Crippen LogP contribution in [0.3, 0.4) is 0 Å². The van der Waals surface area contributed by atoms with Crippen LogP contribution in [0.2, 0.25) is 5.02 Å².